The molecule has 0 aromatic heterocycles. The van der Waals surface area contributed by atoms with Crippen LogP contribution in [0, 0.1) is 5.92 Å². The van der Waals surface area contributed by atoms with Crippen molar-refractivity contribution >= 4 is 52.6 Å². The molecule has 1 saturated carbocycles. The highest BCUT2D eigenvalue weighted by Crippen LogP contribution is 2.44. The molecule has 24 heavy (non-hydrogen) atoms. The Balaban J connectivity index is 1.27. The summed E-state index contributed by atoms with van der Waals surface area (Å²) in [6.07, 6.45) is 4.87. The fraction of sp³-hybridized carbons (Fsp3) is 0.929. The number of hydrogen-bond acceptors (Lipinski definition) is 7. The van der Waals surface area contributed by atoms with Crippen LogP contribution in [0.1, 0.15) is 32.1 Å². The number of halogens is 2. The molecule has 4 N–H and O–H groups in total. The Morgan fingerprint density at radius 1 is 1.17 bits per heavy atom. The molecule has 4 fully saturated rings. The monoisotopic (exact) mass is 412 g/mol. The van der Waals surface area contributed by atoms with Crippen molar-refractivity contribution in [2.75, 3.05) is 0 Å². The van der Waals surface area contributed by atoms with Crippen LogP contribution in [0.3, 0.4) is 0 Å². The van der Waals surface area contributed by atoms with Gasteiger partial charge in [-0.1, -0.05) is 12.8 Å². The summed E-state index contributed by atoms with van der Waals surface area (Å²) in [6.45, 7) is 0. The van der Waals surface area contributed by atoms with Gasteiger partial charge in [-0.05, 0) is 19.3 Å². The van der Waals surface area contributed by atoms with Crippen molar-refractivity contribution in [3.63, 3.8) is 0 Å². The van der Waals surface area contributed by atoms with E-state index in [2.05, 4.69) is 21.5 Å². The van der Waals surface area contributed by atoms with E-state index in [-0.39, 0.29) is 32.8 Å². The molecule has 6 nitrogen and oxygen atoms in total. The van der Waals surface area contributed by atoms with E-state index in [1.54, 1.807) is 23.5 Å². The van der Waals surface area contributed by atoms with Crippen molar-refractivity contribution in [3.8, 4) is 0 Å². The molecule has 1 amide bonds. The lowest BCUT2D eigenvalue weighted by Gasteiger charge is -2.23. The maximum Gasteiger partial charge on any atom is 0.250 e. The molecule has 0 bridgehead atoms. The summed E-state index contributed by atoms with van der Waals surface area (Å²) in [6, 6.07) is 0.469. The number of alkyl halides is 2. The third-order valence-corrected chi connectivity index (χ3v) is 8.74. The molecule has 3 heterocycles. The average Bonchev–Trinajstić information content (AvgIpc) is 3.25. The largest absolute Gasteiger partial charge is 0.324 e. The molecule has 3 saturated heterocycles. The number of rotatable bonds is 3. The second kappa shape index (κ2) is 7.68. The van der Waals surface area contributed by atoms with Crippen LogP contribution in [0.4, 0.5) is 0 Å². The molecule has 0 spiro atoms. The molecule has 0 radical (unpaired) electrons. The van der Waals surface area contributed by atoms with Gasteiger partial charge in [0.2, 0.25) is 6.35 Å². The highest BCUT2D eigenvalue weighted by atomic mass is 35.5. The minimum Gasteiger partial charge on any atom is -0.324 e. The second-order valence-electron chi connectivity index (χ2n) is 6.64. The molecule has 1 aliphatic carbocycles. The van der Waals surface area contributed by atoms with Crippen LogP contribution in [0.15, 0.2) is 0 Å². The van der Waals surface area contributed by atoms with Gasteiger partial charge in [0, 0.05) is 17.2 Å². The molecule has 0 aromatic rings. The summed E-state index contributed by atoms with van der Waals surface area (Å²) in [7, 11) is 0. The van der Waals surface area contributed by atoms with Crippen LogP contribution >= 0.6 is 46.7 Å². The fourth-order valence-corrected chi connectivity index (χ4v) is 7.61. The normalized spacial score (nSPS) is 48.4. The van der Waals surface area contributed by atoms with Crippen LogP contribution in [0.2, 0.25) is 0 Å². The Morgan fingerprint density at radius 3 is 2.75 bits per heavy atom. The van der Waals surface area contributed by atoms with Gasteiger partial charge in [0.1, 0.15) is 11.6 Å². The number of ether oxygens (including phenoxy) is 1. The van der Waals surface area contributed by atoms with Gasteiger partial charge in [-0.15, -0.1) is 46.7 Å². The fourth-order valence-electron chi connectivity index (χ4n) is 3.73. The minimum atomic E-state index is -0.546. The third kappa shape index (κ3) is 3.81. The van der Waals surface area contributed by atoms with Crippen molar-refractivity contribution in [2.45, 2.75) is 70.8 Å². The maximum absolute atomic E-state index is 12.5. The molecule has 3 aliphatic heterocycles. The van der Waals surface area contributed by atoms with Crippen molar-refractivity contribution < 1.29 is 9.53 Å². The lowest BCUT2D eigenvalue weighted by atomic mass is 9.95. The van der Waals surface area contributed by atoms with E-state index in [4.69, 9.17) is 27.9 Å². The summed E-state index contributed by atoms with van der Waals surface area (Å²) in [5.74, 6) is 0.0724. The van der Waals surface area contributed by atoms with E-state index in [1.807, 2.05) is 0 Å². The average molecular weight is 413 g/mol. The summed E-state index contributed by atoms with van der Waals surface area (Å²) in [4.78, 5) is 12.5. The molecule has 10 heteroatoms. The lowest BCUT2D eigenvalue weighted by molar-refractivity contribution is -0.126. The first-order chi connectivity index (χ1) is 11.6. The Morgan fingerprint density at radius 2 is 2.00 bits per heavy atom. The predicted octanol–water partition coefficient (Wildman–Crippen LogP) is 1.69. The summed E-state index contributed by atoms with van der Waals surface area (Å²) < 4.78 is 5.79. The quantitative estimate of drug-likeness (QED) is 0.525. The first kappa shape index (κ1) is 18.0. The van der Waals surface area contributed by atoms with Crippen molar-refractivity contribution in [2.24, 2.45) is 5.92 Å². The van der Waals surface area contributed by atoms with E-state index < -0.39 is 6.35 Å². The van der Waals surface area contributed by atoms with Gasteiger partial charge in [-0.25, -0.2) is 10.9 Å². The van der Waals surface area contributed by atoms with Crippen molar-refractivity contribution in [1.29, 1.82) is 0 Å². The SMILES string of the molecule is O=C(NC1NNC(C2CC(Cl)SC2Cl)O1)C1NC2CCCCC2S1. The van der Waals surface area contributed by atoms with Gasteiger partial charge < -0.3 is 10.1 Å². The zero-order chi connectivity index (χ0) is 16.7. The number of nitrogens with one attached hydrogen (secondary N) is 4. The minimum absolute atomic E-state index is 0.0129. The Bertz CT molecular complexity index is 478. The lowest BCUT2D eigenvalue weighted by Crippen LogP contribution is -2.50. The molecular formula is C14H22Cl2N4O2S2. The molecule has 136 valence electrons. The van der Waals surface area contributed by atoms with Gasteiger partial charge in [0.25, 0.3) is 5.91 Å². The van der Waals surface area contributed by atoms with E-state index in [0.29, 0.717) is 11.3 Å². The summed E-state index contributed by atoms with van der Waals surface area (Å²) in [5, 5.41) is 6.72. The van der Waals surface area contributed by atoms with Gasteiger partial charge in [-0.2, -0.15) is 0 Å². The number of hydrazine groups is 1. The number of hydrogen-bond donors (Lipinski definition) is 4. The van der Waals surface area contributed by atoms with E-state index in [0.717, 1.165) is 6.42 Å². The number of fused-ring (bicyclic) bond motifs is 1. The highest BCUT2D eigenvalue weighted by molar-refractivity contribution is 8.03. The Hall–Kier alpha value is 0.590. The van der Waals surface area contributed by atoms with Gasteiger partial charge in [0.05, 0.1) is 9.42 Å². The predicted molar refractivity (Wildman–Crippen MR) is 98.6 cm³/mol. The molecule has 8 atom stereocenters. The summed E-state index contributed by atoms with van der Waals surface area (Å²) in [5.41, 5.74) is 6.06. The van der Waals surface area contributed by atoms with Gasteiger partial charge in [-0.3, -0.25) is 10.1 Å². The zero-order valence-corrected chi connectivity index (χ0v) is 16.2. The summed E-state index contributed by atoms with van der Waals surface area (Å²) >= 11 is 15.7. The van der Waals surface area contributed by atoms with E-state index in [1.165, 1.54) is 25.7 Å². The topological polar surface area (TPSA) is 74.4 Å². The molecule has 4 aliphatic rings. The number of carbonyl (C=O) groups excluding carboxylic acids is 1. The van der Waals surface area contributed by atoms with Crippen LogP contribution in [-0.4, -0.2) is 44.6 Å². The van der Waals surface area contributed by atoms with Gasteiger partial charge >= 0.3 is 0 Å². The maximum atomic E-state index is 12.5. The molecule has 0 aromatic carbocycles. The second-order valence-corrected chi connectivity index (χ2v) is 10.9. The van der Waals surface area contributed by atoms with Crippen LogP contribution < -0.4 is 21.5 Å². The smallest absolute Gasteiger partial charge is 0.250 e. The van der Waals surface area contributed by atoms with E-state index in [9.17, 15) is 4.79 Å². The third-order valence-electron chi connectivity index (χ3n) is 4.99. The van der Waals surface area contributed by atoms with Crippen molar-refractivity contribution in [3.05, 3.63) is 0 Å². The Kier molecular flexibility index (Phi) is 5.75. The molecule has 8 unspecified atom stereocenters. The van der Waals surface area contributed by atoms with Crippen molar-refractivity contribution in [1.82, 2.24) is 21.5 Å². The van der Waals surface area contributed by atoms with Crippen LogP contribution in [-0.2, 0) is 9.53 Å². The number of amides is 1. The standard InChI is InChI=1S/C14H22Cl2N4O2S2/c15-9-5-6(10(16)24-9)12-19-20-14(22-12)18-11(21)13-17-7-3-1-2-4-8(7)23-13/h6-10,12-14,17,19-20H,1-5H2,(H,18,21). The first-order valence-corrected chi connectivity index (χ1v) is 11.2. The molecular weight excluding hydrogens is 391 g/mol. The first-order valence-electron chi connectivity index (χ1n) is 8.42. The number of carbonyl (C=O) groups is 1. The Labute approximate surface area is 160 Å². The molecule has 4 rings (SSSR count). The number of thioether (sulfide) groups is 2. The highest BCUT2D eigenvalue weighted by Gasteiger charge is 2.43. The van der Waals surface area contributed by atoms with Gasteiger partial charge in [0.15, 0.2) is 0 Å². The zero-order valence-electron chi connectivity index (χ0n) is 13.0. The van der Waals surface area contributed by atoms with E-state index >= 15 is 0 Å². The van der Waals surface area contributed by atoms with Crippen LogP contribution in [0.25, 0.3) is 0 Å². The van der Waals surface area contributed by atoms with Crippen LogP contribution in [0.5, 0.6) is 0 Å².